The number of rotatable bonds is 5. The number of phenolic OH excluding ortho intramolecular Hbond substituents is 1. The highest BCUT2D eigenvalue weighted by Crippen LogP contribution is 2.39. The van der Waals surface area contributed by atoms with Crippen LogP contribution in [0.4, 0.5) is 0 Å². The van der Waals surface area contributed by atoms with Crippen LogP contribution < -0.4 is 9.64 Å². The van der Waals surface area contributed by atoms with Gasteiger partial charge >= 0.3 is 0 Å². The molecule has 0 unspecified atom stereocenters. The minimum absolute atomic E-state index is 0.0217. The van der Waals surface area contributed by atoms with Gasteiger partial charge in [0.05, 0.1) is 11.1 Å². The first-order valence-electron chi connectivity index (χ1n) is 8.46. The van der Waals surface area contributed by atoms with E-state index in [1.807, 2.05) is 43.3 Å². The Labute approximate surface area is 157 Å². The molecule has 0 amide bonds. The summed E-state index contributed by atoms with van der Waals surface area (Å²) in [5.41, 5.74) is 2.75. The van der Waals surface area contributed by atoms with Crippen LogP contribution in [0, 0.1) is 29.6 Å². The maximum absolute atomic E-state index is 12.7. The third-order valence-corrected chi connectivity index (χ3v) is 4.38. The largest absolute Gasteiger partial charge is 0.507 e. The number of phenols is 1. The molecule has 0 saturated heterocycles. The van der Waals surface area contributed by atoms with E-state index in [-0.39, 0.29) is 36.9 Å². The molecule has 0 aliphatic carbocycles. The number of hydrogen-bond donors (Lipinski definition) is 2. The van der Waals surface area contributed by atoms with Crippen LogP contribution in [0.3, 0.4) is 0 Å². The van der Waals surface area contributed by atoms with E-state index in [4.69, 9.17) is 15.3 Å². The smallest absolute Gasteiger partial charge is 0.231 e. The van der Waals surface area contributed by atoms with E-state index < -0.39 is 0 Å². The van der Waals surface area contributed by atoms with Gasteiger partial charge in [-0.15, -0.1) is 0 Å². The fourth-order valence-electron chi connectivity index (χ4n) is 2.94. The molecule has 6 nitrogen and oxygen atoms in total. The van der Waals surface area contributed by atoms with Crippen LogP contribution in [0.25, 0.3) is 6.08 Å². The van der Waals surface area contributed by atoms with Crippen LogP contribution in [-0.2, 0) is 6.54 Å². The van der Waals surface area contributed by atoms with E-state index >= 15 is 0 Å². The molecule has 1 aliphatic heterocycles. The summed E-state index contributed by atoms with van der Waals surface area (Å²) < 4.78 is 5.79. The first-order chi connectivity index (χ1) is 13.0. The number of hydrogen-bond acceptors (Lipinski definition) is 5. The van der Waals surface area contributed by atoms with Gasteiger partial charge in [0, 0.05) is 0 Å². The molecule has 1 aliphatic rings. The first kappa shape index (κ1) is 18.2. The van der Waals surface area contributed by atoms with Gasteiger partial charge in [-0.25, -0.2) is 0 Å². The second-order valence-corrected chi connectivity index (χ2v) is 6.39. The summed E-state index contributed by atoms with van der Waals surface area (Å²) in [4.78, 5) is 13.3. The van der Waals surface area contributed by atoms with Crippen molar-refractivity contribution < 1.29 is 19.5 Å². The van der Waals surface area contributed by atoms with E-state index in [2.05, 4.69) is 0 Å². The summed E-state index contributed by atoms with van der Waals surface area (Å²) in [5.74, 6) is 0.204. The van der Waals surface area contributed by atoms with Gasteiger partial charge in [-0.2, -0.15) is 10.5 Å². The number of aryl methyl sites for hydroxylation is 1. The zero-order valence-electron chi connectivity index (χ0n) is 14.8. The second kappa shape index (κ2) is 7.74. The van der Waals surface area contributed by atoms with Crippen LogP contribution in [0.5, 0.6) is 11.5 Å². The molecule has 2 N–H and O–H groups in total. The van der Waals surface area contributed by atoms with Crippen molar-refractivity contribution in [3.8, 4) is 23.6 Å². The molecule has 2 aromatic rings. The van der Waals surface area contributed by atoms with Gasteiger partial charge in [-0.3, -0.25) is 4.79 Å². The lowest BCUT2D eigenvalue weighted by Gasteiger charge is -2.15. The number of carbonyl (C=O) groups is 1. The quantitative estimate of drug-likeness (QED) is 0.625. The van der Waals surface area contributed by atoms with Gasteiger partial charge in [-0.05, 0) is 30.7 Å². The number of carbonyl (C=O) groups excluding carboxylic acids is 1. The average molecular weight is 360 g/mol. The molecular weight excluding hydrogens is 342 g/mol. The lowest BCUT2D eigenvalue weighted by atomic mass is 10.0. The Morgan fingerprint density at radius 1 is 1.11 bits per heavy atom. The minimum Gasteiger partial charge on any atom is -0.507 e. The van der Waals surface area contributed by atoms with Gasteiger partial charge < -0.3 is 14.7 Å². The highest BCUT2D eigenvalue weighted by Gasteiger charge is 2.32. The summed E-state index contributed by atoms with van der Waals surface area (Å²) in [6, 6.07) is 14.7. The molecule has 0 spiro atoms. The van der Waals surface area contributed by atoms with E-state index in [9.17, 15) is 9.90 Å². The zero-order valence-corrected chi connectivity index (χ0v) is 14.8. The molecule has 2 aromatic carbocycles. The summed E-state index contributed by atoms with van der Waals surface area (Å²) in [7, 11) is 0. The summed E-state index contributed by atoms with van der Waals surface area (Å²) in [6.07, 6.45) is 1.66. The average Bonchev–Trinajstić information content (AvgIpc) is 2.96. The van der Waals surface area contributed by atoms with Crippen LogP contribution in [0.15, 0.2) is 42.2 Å². The predicted molar refractivity (Wildman–Crippen MR) is 97.8 cm³/mol. The Morgan fingerprint density at radius 3 is 2.41 bits per heavy atom. The molecular formula is C21H18N3O3+. The number of benzene rings is 2. The summed E-state index contributed by atoms with van der Waals surface area (Å²) >= 11 is 0. The van der Waals surface area contributed by atoms with Crippen molar-refractivity contribution in [3.63, 3.8) is 0 Å². The number of nitrogens with zero attached hydrogens (tertiary/aromatic N) is 2. The van der Waals surface area contributed by atoms with Crippen LogP contribution in [0.2, 0.25) is 0 Å². The number of ketones is 1. The number of nitrogens with one attached hydrogen (secondary N) is 1. The van der Waals surface area contributed by atoms with Crippen molar-refractivity contribution >= 4 is 11.9 Å². The third-order valence-electron chi connectivity index (χ3n) is 4.38. The fourth-order valence-corrected chi connectivity index (χ4v) is 2.94. The van der Waals surface area contributed by atoms with E-state index in [1.54, 1.807) is 6.08 Å². The first-order valence-corrected chi connectivity index (χ1v) is 8.46. The second-order valence-electron chi connectivity index (χ2n) is 6.39. The number of nitriles is 2. The molecule has 27 heavy (non-hydrogen) atoms. The topological polar surface area (TPSA) is 98.5 Å². The number of ether oxygens (including phenoxy) is 1. The number of aromatic hydroxyl groups is 1. The normalized spacial score (nSPS) is 13.9. The molecule has 0 bridgehead atoms. The fraction of sp³-hybridized carbons (Fsp3) is 0.190. The van der Waals surface area contributed by atoms with Gasteiger partial charge in [-0.1, -0.05) is 29.8 Å². The number of allylic oxidation sites excluding steroid dienone is 1. The number of quaternary nitrogens is 1. The van der Waals surface area contributed by atoms with Gasteiger partial charge in [0.2, 0.25) is 5.78 Å². The Bertz CT molecular complexity index is 979. The molecule has 3 rings (SSSR count). The van der Waals surface area contributed by atoms with Crippen molar-refractivity contribution in [1.82, 2.24) is 0 Å². The van der Waals surface area contributed by atoms with Crippen LogP contribution >= 0.6 is 0 Å². The Hall–Kier alpha value is -3.61. The van der Waals surface area contributed by atoms with Crippen molar-refractivity contribution in [3.05, 3.63) is 64.4 Å². The van der Waals surface area contributed by atoms with E-state index in [0.717, 1.165) is 11.1 Å². The standard InChI is InChI=1S/C21H17N3O3/c1-14-2-4-15(5-3-14)12-19-20(26)16-6-7-18(25)17(21(16)27-19)13-24(10-8-22)11-9-23/h2-7,12,25H,10-11,13H2,1H3/p+1/b19-12+. The molecule has 1 heterocycles. The molecule has 134 valence electrons. The van der Waals surface area contributed by atoms with E-state index in [1.165, 1.54) is 12.1 Å². The Kier molecular flexibility index (Phi) is 5.21. The van der Waals surface area contributed by atoms with Gasteiger partial charge in [0.1, 0.15) is 24.4 Å². The van der Waals surface area contributed by atoms with Gasteiger partial charge in [0.25, 0.3) is 0 Å². The van der Waals surface area contributed by atoms with Crippen molar-refractivity contribution in [2.75, 3.05) is 13.1 Å². The molecule has 0 saturated carbocycles. The molecule has 0 atom stereocenters. The lowest BCUT2D eigenvalue weighted by molar-refractivity contribution is -0.899. The summed E-state index contributed by atoms with van der Waals surface area (Å²) in [6.45, 7) is 2.41. The lowest BCUT2D eigenvalue weighted by Crippen LogP contribution is -3.10. The van der Waals surface area contributed by atoms with Crippen molar-refractivity contribution in [2.24, 2.45) is 0 Å². The van der Waals surface area contributed by atoms with Crippen molar-refractivity contribution in [1.29, 1.82) is 10.5 Å². The highest BCUT2D eigenvalue weighted by molar-refractivity contribution is 6.14. The Balaban J connectivity index is 1.95. The Morgan fingerprint density at radius 2 is 1.78 bits per heavy atom. The molecule has 0 aromatic heterocycles. The number of Topliss-reactive ketones (excluding diaryl/α,β-unsaturated/α-hetero) is 1. The summed E-state index contributed by atoms with van der Waals surface area (Å²) in [5, 5.41) is 28.1. The number of fused-ring (bicyclic) bond motifs is 1. The zero-order chi connectivity index (χ0) is 19.4. The van der Waals surface area contributed by atoms with Gasteiger partial charge in [0.15, 0.2) is 24.6 Å². The van der Waals surface area contributed by atoms with Crippen LogP contribution in [-0.4, -0.2) is 24.0 Å². The predicted octanol–water partition coefficient (Wildman–Crippen LogP) is 1.75. The SMILES string of the molecule is Cc1ccc(/C=C2/Oc3c(ccc(O)c3C[NH+](CC#N)CC#N)C2=O)cc1. The molecule has 6 heteroatoms. The maximum atomic E-state index is 12.7. The monoisotopic (exact) mass is 360 g/mol. The maximum Gasteiger partial charge on any atom is 0.231 e. The third kappa shape index (κ3) is 3.82. The van der Waals surface area contributed by atoms with Crippen molar-refractivity contribution in [2.45, 2.75) is 13.5 Å². The van der Waals surface area contributed by atoms with Crippen LogP contribution in [0.1, 0.15) is 27.0 Å². The molecule has 0 radical (unpaired) electrons. The highest BCUT2D eigenvalue weighted by atomic mass is 16.5. The minimum atomic E-state index is -0.256. The van der Waals surface area contributed by atoms with E-state index in [0.29, 0.717) is 21.8 Å². The molecule has 0 fully saturated rings.